The normalized spacial score (nSPS) is 11.7. The summed E-state index contributed by atoms with van der Waals surface area (Å²) in [5, 5.41) is 18.8. The summed E-state index contributed by atoms with van der Waals surface area (Å²) in [4.78, 5) is 0. The van der Waals surface area contributed by atoms with E-state index in [1.165, 1.54) is 0 Å². The molecule has 0 saturated heterocycles. The molecule has 0 atom stereocenters. The lowest BCUT2D eigenvalue weighted by molar-refractivity contribution is 0.0775. The molecule has 0 aliphatic carbocycles. The Morgan fingerprint density at radius 1 is 1.33 bits per heavy atom. The van der Waals surface area contributed by atoms with E-state index in [1.807, 2.05) is 0 Å². The number of phenols is 1. The van der Waals surface area contributed by atoms with Crippen LogP contribution in [-0.4, -0.2) is 10.2 Å². The third-order valence-electron chi connectivity index (χ3n) is 1.61. The van der Waals surface area contributed by atoms with Crippen LogP contribution >= 0.6 is 15.9 Å². The first-order valence-electron chi connectivity index (χ1n) is 3.62. The summed E-state index contributed by atoms with van der Waals surface area (Å²) in [5.74, 6) is 0.162. The van der Waals surface area contributed by atoms with Gasteiger partial charge in [-0.15, -0.1) is 0 Å². The van der Waals surface area contributed by atoms with Gasteiger partial charge in [-0.05, 0) is 32.0 Å². The third-order valence-corrected chi connectivity index (χ3v) is 2.30. The van der Waals surface area contributed by atoms with E-state index in [-0.39, 0.29) is 5.75 Å². The van der Waals surface area contributed by atoms with Gasteiger partial charge < -0.3 is 10.2 Å². The highest BCUT2D eigenvalue weighted by Crippen LogP contribution is 2.30. The fraction of sp³-hybridized carbons (Fsp3) is 0.333. The van der Waals surface area contributed by atoms with E-state index in [2.05, 4.69) is 15.9 Å². The molecule has 2 nitrogen and oxygen atoms in total. The summed E-state index contributed by atoms with van der Waals surface area (Å²) < 4.78 is 0.799. The van der Waals surface area contributed by atoms with Crippen LogP contribution in [0.15, 0.2) is 22.7 Å². The summed E-state index contributed by atoms with van der Waals surface area (Å²) in [6, 6.07) is 4.83. The molecule has 1 rings (SSSR count). The Morgan fingerprint density at radius 3 is 2.33 bits per heavy atom. The number of aromatic hydroxyl groups is 1. The van der Waals surface area contributed by atoms with E-state index in [1.54, 1.807) is 32.0 Å². The van der Waals surface area contributed by atoms with Crippen LogP contribution in [0.25, 0.3) is 0 Å². The van der Waals surface area contributed by atoms with E-state index in [0.29, 0.717) is 5.56 Å². The monoisotopic (exact) mass is 230 g/mol. The quantitative estimate of drug-likeness (QED) is 0.778. The van der Waals surface area contributed by atoms with Crippen LogP contribution in [0.1, 0.15) is 19.4 Å². The molecule has 0 aromatic heterocycles. The van der Waals surface area contributed by atoms with E-state index in [4.69, 9.17) is 5.11 Å². The van der Waals surface area contributed by atoms with Crippen molar-refractivity contribution in [1.29, 1.82) is 0 Å². The van der Waals surface area contributed by atoms with Gasteiger partial charge in [0.1, 0.15) is 5.75 Å². The standard InChI is InChI=1S/C9H11BrO2/c1-9(2,12)7-5-6(11)3-4-8(7)10/h3-5,11-12H,1-2H3. The maximum absolute atomic E-state index is 9.65. The molecule has 1 aromatic carbocycles. The molecule has 0 radical (unpaired) electrons. The first-order chi connectivity index (χ1) is 5.41. The minimum Gasteiger partial charge on any atom is -0.508 e. The number of benzene rings is 1. The molecule has 0 saturated carbocycles. The lowest BCUT2D eigenvalue weighted by atomic mass is 9.98. The number of aliphatic hydroxyl groups is 1. The molecule has 0 bridgehead atoms. The highest BCUT2D eigenvalue weighted by atomic mass is 79.9. The van der Waals surface area contributed by atoms with Crippen molar-refractivity contribution in [3.8, 4) is 5.75 Å². The number of halogens is 1. The summed E-state index contributed by atoms with van der Waals surface area (Å²) in [7, 11) is 0. The van der Waals surface area contributed by atoms with Crippen molar-refractivity contribution in [2.75, 3.05) is 0 Å². The number of rotatable bonds is 1. The molecule has 0 aliphatic rings. The molecule has 0 fully saturated rings. The van der Waals surface area contributed by atoms with E-state index in [0.717, 1.165) is 4.47 Å². The average molecular weight is 231 g/mol. The second-order valence-corrected chi connectivity index (χ2v) is 4.08. The fourth-order valence-corrected chi connectivity index (χ4v) is 1.71. The van der Waals surface area contributed by atoms with E-state index in [9.17, 15) is 5.11 Å². The molecule has 0 aliphatic heterocycles. The van der Waals surface area contributed by atoms with Crippen molar-refractivity contribution in [3.05, 3.63) is 28.2 Å². The zero-order valence-electron chi connectivity index (χ0n) is 7.00. The lowest BCUT2D eigenvalue weighted by Crippen LogP contribution is -2.15. The maximum atomic E-state index is 9.65. The molecule has 0 spiro atoms. The van der Waals surface area contributed by atoms with Crippen molar-refractivity contribution in [1.82, 2.24) is 0 Å². The topological polar surface area (TPSA) is 40.5 Å². The van der Waals surface area contributed by atoms with Crippen molar-refractivity contribution in [2.45, 2.75) is 19.4 Å². The molecule has 0 amide bonds. The Kier molecular flexibility index (Phi) is 2.44. The van der Waals surface area contributed by atoms with Crippen LogP contribution < -0.4 is 0 Å². The summed E-state index contributed by atoms with van der Waals surface area (Å²) in [6.07, 6.45) is 0. The second kappa shape index (κ2) is 3.07. The second-order valence-electron chi connectivity index (χ2n) is 3.22. The SMILES string of the molecule is CC(C)(O)c1cc(O)ccc1Br. The van der Waals surface area contributed by atoms with Crippen LogP contribution in [-0.2, 0) is 5.60 Å². The van der Waals surface area contributed by atoms with Gasteiger partial charge in [-0.1, -0.05) is 15.9 Å². The minimum atomic E-state index is -0.933. The van der Waals surface area contributed by atoms with Crippen molar-refractivity contribution < 1.29 is 10.2 Å². The number of hydrogen-bond donors (Lipinski definition) is 2. The van der Waals surface area contributed by atoms with E-state index < -0.39 is 5.60 Å². The Bertz CT molecular complexity index is 289. The van der Waals surface area contributed by atoms with Crippen LogP contribution in [0.4, 0.5) is 0 Å². The Balaban J connectivity index is 3.23. The van der Waals surface area contributed by atoms with Gasteiger partial charge in [0, 0.05) is 10.0 Å². The predicted molar refractivity (Wildman–Crippen MR) is 51.1 cm³/mol. The van der Waals surface area contributed by atoms with Gasteiger partial charge in [-0.3, -0.25) is 0 Å². The molecule has 0 heterocycles. The maximum Gasteiger partial charge on any atom is 0.116 e. The molecule has 2 N–H and O–H groups in total. The molecular formula is C9H11BrO2. The van der Waals surface area contributed by atoms with Crippen molar-refractivity contribution in [2.24, 2.45) is 0 Å². The average Bonchev–Trinajstić information content (AvgIpc) is 1.92. The van der Waals surface area contributed by atoms with Gasteiger partial charge in [0.15, 0.2) is 0 Å². The number of phenolic OH excluding ortho intramolecular Hbond substituents is 1. The minimum absolute atomic E-state index is 0.162. The van der Waals surface area contributed by atoms with Gasteiger partial charge in [0.25, 0.3) is 0 Å². The molecule has 66 valence electrons. The Labute approximate surface area is 80.0 Å². The van der Waals surface area contributed by atoms with Crippen LogP contribution in [0.2, 0.25) is 0 Å². The first kappa shape index (κ1) is 9.55. The first-order valence-corrected chi connectivity index (χ1v) is 4.42. The fourth-order valence-electron chi connectivity index (χ4n) is 0.982. The van der Waals surface area contributed by atoms with E-state index >= 15 is 0 Å². The zero-order valence-corrected chi connectivity index (χ0v) is 8.59. The van der Waals surface area contributed by atoms with Gasteiger partial charge in [0.2, 0.25) is 0 Å². The van der Waals surface area contributed by atoms with Crippen LogP contribution in [0.3, 0.4) is 0 Å². The highest BCUT2D eigenvalue weighted by molar-refractivity contribution is 9.10. The molecule has 12 heavy (non-hydrogen) atoms. The summed E-state index contributed by atoms with van der Waals surface area (Å²) in [5.41, 5.74) is -0.250. The van der Waals surface area contributed by atoms with Gasteiger partial charge >= 0.3 is 0 Å². The van der Waals surface area contributed by atoms with Gasteiger partial charge in [-0.2, -0.15) is 0 Å². The molecule has 3 heteroatoms. The number of hydrogen-bond acceptors (Lipinski definition) is 2. The predicted octanol–water partition coefficient (Wildman–Crippen LogP) is 2.38. The van der Waals surface area contributed by atoms with Gasteiger partial charge in [-0.25, -0.2) is 0 Å². The summed E-state index contributed by atoms with van der Waals surface area (Å²) in [6.45, 7) is 3.35. The highest BCUT2D eigenvalue weighted by Gasteiger charge is 2.19. The smallest absolute Gasteiger partial charge is 0.116 e. The zero-order chi connectivity index (χ0) is 9.35. The van der Waals surface area contributed by atoms with Gasteiger partial charge in [0.05, 0.1) is 5.60 Å². The molecular weight excluding hydrogens is 220 g/mol. The lowest BCUT2D eigenvalue weighted by Gasteiger charge is -2.19. The largest absolute Gasteiger partial charge is 0.508 e. The van der Waals surface area contributed by atoms with Crippen LogP contribution in [0, 0.1) is 0 Å². The molecule has 0 unspecified atom stereocenters. The van der Waals surface area contributed by atoms with Crippen LogP contribution in [0.5, 0.6) is 5.75 Å². The third kappa shape index (κ3) is 1.99. The summed E-state index contributed by atoms with van der Waals surface area (Å²) >= 11 is 3.30. The Morgan fingerprint density at radius 2 is 1.92 bits per heavy atom. The van der Waals surface area contributed by atoms with Crippen molar-refractivity contribution >= 4 is 15.9 Å². The molecule has 1 aromatic rings. The Hall–Kier alpha value is -0.540. The van der Waals surface area contributed by atoms with Crippen molar-refractivity contribution in [3.63, 3.8) is 0 Å².